The van der Waals surface area contributed by atoms with E-state index in [2.05, 4.69) is 15.6 Å². The van der Waals surface area contributed by atoms with E-state index in [1.54, 1.807) is 0 Å². The molecule has 2 aromatic carbocycles. The summed E-state index contributed by atoms with van der Waals surface area (Å²) in [7, 11) is 0. The van der Waals surface area contributed by atoms with Crippen LogP contribution in [0.5, 0.6) is 5.75 Å². The Balaban J connectivity index is 1.68. The molecule has 0 atom stereocenters. The zero-order valence-electron chi connectivity index (χ0n) is 14.4. The first-order chi connectivity index (χ1) is 12.0. The highest BCUT2D eigenvalue weighted by molar-refractivity contribution is 5.94. The van der Waals surface area contributed by atoms with E-state index in [1.165, 1.54) is 0 Å². The lowest BCUT2D eigenvalue weighted by atomic mass is 10.1. The van der Waals surface area contributed by atoms with Crippen molar-refractivity contribution in [3.63, 3.8) is 0 Å². The van der Waals surface area contributed by atoms with Crippen molar-refractivity contribution in [2.24, 2.45) is 0 Å². The number of ether oxygens (including phenoxy) is 1. The van der Waals surface area contributed by atoms with Crippen LogP contribution < -0.4 is 10.1 Å². The number of benzene rings is 2. The number of carbonyl (C=O) groups is 1. The van der Waals surface area contributed by atoms with Gasteiger partial charge in [-0.15, -0.1) is 0 Å². The number of aromatic nitrogens is 2. The quantitative estimate of drug-likeness (QED) is 0.768. The molecule has 1 amide bonds. The van der Waals surface area contributed by atoms with Gasteiger partial charge in [0.1, 0.15) is 5.75 Å². The fourth-order valence-corrected chi connectivity index (χ4v) is 2.50. The van der Waals surface area contributed by atoms with Crippen molar-refractivity contribution in [3.8, 4) is 17.0 Å². The topological polar surface area (TPSA) is 77.3 Å². The van der Waals surface area contributed by atoms with Gasteiger partial charge in [-0.2, -0.15) is 0 Å². The van der Waals surface area contributed by atoms with Gasteiger partial charge in [-0.05, 0) is 42.2 Å². The molecule has 128 valence electrons. The molecule has 1 heterocycles. The predicted octanol–water partition coefficient (Wildman–Crippen LogP) is 3.68. The maximum Gasteiger partial charge on any atom is 0.263 e. The Hall–Kier alpha value is -3.15. The molecule has 0 fully saturated rings. The molecular formula is C19H19N3O3. The Morgan fingerprint density at radius 3 is 2.40 bits per heavy atom. The van der Waals surface area contributed by atoms with Crippen molar-refractivity contribution in [2.45, 2.75) is 20.8 Å². The minimum absolute atomic E-state index is 0.119. The maximum absolute atomic E-state index is 12.2. The lowest BCUT2D eigenvalue weighted by Crippen LogP contribution is -2.21. The van der Waals surface area contributed by atoms with Crippen molar-refractivity contribution in [2.75, 3.05) is 11.9 Å². The van der Waals surface area contributed by atoms with Gasteiger partial charge in [0.15, 0.2) is 12.3 Å². The second-order valence-electron chi connectivity index (χ2n) is 5.89. The zero-order valence-corrected chi connectivity index (χ0v) is 14.4. The number of hydrogen-bond donors (Lipinski definition) is 1. The van der Waals surface area contributed by atoms with E-state index in [-0.39, 0.29) is 18.3 Å². The number of hydrogen-bond acceptors (Lipinski definition) is 5. The first-order valence-electron chi connectivity index (χ1n) is 7.93. The maximum atomic E-state index is 12.2. The standard InChI is InChI=1S/C19H19N3O3/c1-12-7-9-15(10-8-12)17-19(22-25-21-17)20-16(23)11-24-18-13(2)5-4-6-14(18)3/h4-10H,11H2,1-3H3,(H,20,22,23). The molecule has 25 heavy (non-hydrogen) atoms. The molecule has 0 aliphatic heterocycles. The van der Waals surface area contributed by atoms with E-state index in [9.17, 15) is 4.79 Å². The van der Waals surface area contributed by atoms with E-state index in [4.69, 9.17) is 9.37 Å². The van der Waals surface area contributed by atoms with Gasteiger partial charge in [-0.1, -0.05) is 48.0 Å². The van der Waals surface area contributed by atoms with Crippen LogP contribution in [0.4, 0.5) is 5.82 Å². The van der Waals surface area contributed by atoms with Crippen molar-refractivity contribution in [1.29, 1.82) is 0 Å². The Morgan fingerprint density at radius 1 is 1.04 bits per heavy atom. The lowest BCUT2D eigenvalue weighted by molar-refractivity contribution is -0.118. The molecule has 0 spiro atoms. The van der Waals surface area contributed by atoms with Gasteiger partial charge in [0.05, 0.1) is 0 Å². The highest BCUT2D eigenvalue weighted by Crippen LogP contribution is 2.25. The molecule has 0 aliphatic carbocycles. The molecule has 1 aromatic heterocycles. The highest BCUT2D eigenvalue weighted by atomic mass is 16.6. The number of rotatable bonds is 5. The molecule has 6 heteroatoms. The molecule has 0 radical (unpaired) electrons. The van der Waals surface area contributed by atoms with Crippen molar-refractivity contribution in [1.82, 2.24) is 10.3 Å². The minimum Gasteiger partial charge on any atom is -0.483 e. The second kappa shape index (κ2) is 7.17. The van der Waals surface area contributed by atoms with E-state index in [0.717, 1.165) is 28.0 Å². The molecule has 0 unspecified atom stereocenters. The fourth-order valence-electron chi connectivity index (χ4n) is 2.50. The van der Waals surface area contributed by atoms with Crippen LogP contribution in [0.15, 0.2) is 47.1 Å². The molecule has 1 N–H and O–H groups in total. The average Bonchev–Trinajstić information content (AvgIpc) is 3.03. The third-order valence-electron chi connectivity index (χ3n) is 3.83. The number of anilines is 1. The van der Waals surface area contributed by atoms with Gasteiger partial charge in [0.25, 0.3) is 5.91 Å². The average molecular weight is 337 g/mol. The number of para-hydroxylation sites is 1. The number of amides is 1. The van der Waals surface area contributed by atoms with Crippen LogP contribution in [0.3, 0.4) is 0 Å². The molecular weight excluding hydrogens is 318 g/mol. The van der Waals surface area contributed by atoms with Crippen LogP contribution in [0.1, 0.15) is 16.7 Å². The van der Waals surface area contributed by atoms with Gasteiger partial charge >= 0.3 is 0 Å². The summed E-state index contributed by atoms with van der Waals surface area (Å²) >= 11 is 0. The number of nitrogens with one attached hydrogen (secondary N) is 1. The predicted molar refractivity (Wildman–Crippen MR) is 94.5 cm³/mol. The summed E-state index contributed by atoms with van der Waals surface area (Å²) in [4.78, 5) is 12.2. The summed E-state index contributed by atoms with van der Waals surface area (Å²) in [5, 5.41) is 10.3. The number of carbonyl (C=O) groups excluding carboxylic acids is 1. The molecule has 3 aromatic rings. The van der Waals surface area contributed by atoms with E-state index >= 15 is 0 Å². The fraction of sp³-hybridized carbons (Fsp3) is 0.211. The summed E-state index contributed by atoms with van der Waals surface area (Å²) in [5.41, 5.74) is 4.40. The summed E-state index contributed by atoms with van der Waals surface area (Å²) < 4.78 is 10.4. The van der Waals surface area contributed by atoms with Crippen LogP contribution in [0, 0.1) is 20.8 Å². The first kappa shape index (κ1) is 16.7. The Labute approximate surface area is 145 Å². The highest BCUT2D eigenvalue weighted by Gasteiger charge is 2.16. The zero-order chi connectivity index (χ0) is 17.8. The molecule has 0 bridgehead atoms. The largest absolute Gasteiger partial charge is 0.483 e. The molecule has 0 saturated carbocycles. The third-order valence-corrected chi connectivity index (χ3v) is 3.83. The lowest BCUT2D eigenvalue weighted by Gasteiger charge is -2.11. The SMILES string of the molecule is Cc1ccc(-c2nonc2NC(=O)COc2c(C)cccc2C)cc1. The molecule has 0 saturated heterocycles. The van der Waals surface area contributed by atoms with Crippen LogP contribution in [-0.2, 0) is 4.79 Å². The van der Waals surface area contributed by atoms with E-state index in [1.807, 2.05) is 63.2 Å². The van der Waals surface area contributed by atoms with Gasteiger partial charge < -0.3 is 10.1 Å². The monoisotopic (exact) mass is 337 g/mol. The van der Waals surface area contributed by atoms with Gasteiger partial charge in [-0.25, -0.2) is 4.63 Å². The summed E-state index contributed by atoms with van der Waals surface area (Å²) in [5.74, 6) is 0.667. The first-order valence-corrected chi connectivity index (χ1v) is 7.93. The van der Waals surface area contributed by atoms with Crippen LogP contribution in [0.2, 0.25) is 0 Å². The normalized spacial score (nSPS) is 10.5. The number of aryl methyl sites for hydroxylation is 3. The summed E-state index contributed by atoms with van der Waals surface area (Å²) in [6.07, 6.45) is 0. The van der Waals surface area contributed by atoms with Crippen molar-refractivity contribution in [3.05, 3.63) is 59.2 Å². The summed E-state index contributed by atoms with van der Waals surface area (Å²) in [6, 6.07) is 13.6. The third kappa shape index (κ3) is 3.85. The van der Waals surface area contributed by atoms with E-state index in [0.29, 0.717) is 5.69 Å². The Morgan fingerprint density at radius 2 is 1.72 bits per heavy atom. The van der Waals surface area contributed by atoms with Gasteiger partial charge in [0, 0.05) is 5.56 Å². The van der Waals surface area contributed by atoms with Crippen LogP contribution in [-0.4, -0.2) is 22.8 Å². The molecule has 6 nitrogen and oxygen atoms in total. The minimum atomic E-state index is -0.327. The smallest absolute Gasteiger partial charge is 0.263 e. The van der Waals surface area contributed by atoms with Crippen LogP contribution >= 0.6 is 0 Å². The van der Waals surface area contributed by atoms with Crippen molar-refractivity contribution < 1.29 is 14.2 Å². The van der Waals surface area contributed by atoms with Gasteiger partial charge in [-0.3, -0.25) is 4.79 Å². The van der Waals surface area contributed by atoms with Gasteiger partial charge in [0.2, 0.25) is 5.82 Å². The number of nitrogens with zero attached hydrogens (tertiary/aromatic N) is 2. The van der Waals surface area contributed by atoms with Crippen molar-refractivity contribution >= 4 is 11.7 Å². The summed E-state index contributed by atoms with van der Waals surface area (Å²) in [6.45, 7) is 5.76. The Bertz CT molecular complexity index is 865. The second-order valence-corrected chi connectivity index (χ2v) is 5.89. The molecule has 0 aliphatic rings. The molecule has 3 rings (SSSR count). The van der Waals surface area contributed by atoms with Crippen LogP contribution in [0.25, 0.3) is 11.3 Å². The Kier molecular flexibility index (Phi) is 4.79. The van der Waals surface area contributed by atoms with E-state index < -0.39 is 0 Å².